The highest BCUT2D eigenvalue weighted by atomic mass is 16.3. The second kappa shape index (κ2) is 9.47. The summed E-state index contributed by atoms with van der Waals surface area (Å²) in [6, 6.07) is 42.2. The van der Waals surface area contributed by atoms with Crippen LogP contribution in [-0.2, 0) is 0 Å². The van der Waals surface area contributed by atoms with Crippen molar-refractivity contribution in [3.8, 4) is 11.5 Å². The molecule has 0 spiro atoms. The molecule has 0 bridgehead atoms. The Balaban J connectivity index is 1.46. The van der Waals surface area contributed by atoms with Gasteiger partial charge in [0.15, 0.2) is 5.58 Å². The van der Waals surface area contributed by atoms with E-state index in [1.165, 1.54) is 0 Å². The molecule has 0 unspecified atom stereocenters. The van der Waals surface area contributed by atoms with Gasteiger partial charge in [-0.3, -0.25) is 10.1 Å². The van der Waals surface area contributed by atoms with E-state index in [9.17, 15) is 0 Å². The molecule has 5 heteroatoms. The number of fused-ring (bicyclic) bond motifs is 5. The van der Waals surface area contributed by atoms with Crippen LogP contribution in [0.15, 0.2) is 138 Å². The van der Waals surface area contributed by atoms with Crippen molar-refractivity contribution in [2.75, 3.05) is 5.43 Å². The fraction of sp³-hybridized carbons (Fsp3) is 0. The standard InChI is InChI=1S/C34H24N4O/c35-28(23-12-4-1-5-13-23)22-30(24-14-6-2-7-15-24)37-38-31-19-11-10-18-26(31)27-20-21-29-33(32(27)38)39-34(36-29)25-16-8-3-9-17-25/h1-22,35,37H/b30-22-,35-28?. The summed E-state index contributed by atoms with van der Waals surface area (Å²) in [6.07, 6.45) is 1.88. The van der Waals surface area contributed by atoms with Crippen LogP contribution in [0.3, 0.4) is 0 Å². The molecular weight excluding hydrogens is 480 g/mol. The van der Waals surface area contributed by atoms with E-state index in [0.29, 0.717) is 17.2 Å². The molecule has 7 rings (SSSR count). The van der Waals surface area contributed by atoms with Crippen LogP contribution in [0.2, 0.25) is 0 Å². The quantitative estimate of drug-likeness (QED) is 0.224. The smallest absolute Gasteiger partial charge is 0.227 e. The molecule has 0 aliphatic rings. The fourth-order valence-electron chi connectivity index (χ4n) is 5.02. The number of oxazole rings is 1. The fourth-order valence-corrected chi connectivity index (χ4v) is 5.02. The minimum absolute atomic E-state index is 0.416. The van der Waals surface area contributed by atoms with Crippen LogP contribution in [0.1, 0.15) is 11.1 Å². The molecule has 2 aromatic heterocycles. The van der Waals surface area contributed by atoms with Crippen LogP contribution in [0.4, 0.5) is 0 Å². The molecule has 0 aliphatic heterocycles. The maximum atomic E-state index is 8.84. The highest BCUT2D eigenvalue weighted by molar-refractivity contribution is 6.17. The molecule has 0 saturated carbocycles. The topological polar surface area (TPSA) is 66.8 Å². The number of hydrogen-bond acceptors (Lipinski definition) is 4. The number of rotatable bonds is 6. The monoisotopic (exact) mass is 504 g/mol. The zero-order chi connectivity index (χ0) is 26.2. The zero-order valence-electron chi connectivity index (χ0n) is 21.0. The van der Waals surface area contributed by atoms with Crippen molar-refractivity contribution >= 4 is 44.3 Å². The van der Waals surface area contributed by atoms with E-state index in [1.807, 2.05) is 115 Å². The van der Waals surface area contributed by atoms with Gasteiger partial charge in [-0.25, -0.2) is 4.98 Å². The van der Waals surface area contributed by atoms with Crippen molar-refractivity contribution in [3.05, 3.63) is 145 Å². The van der Waals surface area contributed by atoms with Gasteiger partial charge in [0.25, 0.3) is 0 Å². The second-order valence-electron chi connectivity index (χ2n) is 9.36. The maximum absolute atomic E-state index is 8.84. The van der Waals surface area contributed by atoms with Crippen LogP contribution in [0.5, 0.6) is 0 Å². The molecule has 0 aliphatic carbocycles. The van der Waals surface area contributed by atoms with Crippen LogP contribution in [0.25, 0.3) is 50.1 Å². The van der Waals surface area contributed by atoms with Gasteiger partial charge < -0.3 is 9.83 Å². The predicted molar refractivity (Wildman–Crippen MR) is 159 cm³/mol. The number of para-hydroxylation sites is 1. The van der Waals surface area contributed by atoms with Crippen molar-refractivity contribution in [3.63, 3.8) is 0 Å². The van der Waals surface area contributed by atoms with Gasteiger partial charge in [-0.05, 0) is 47.5 Å². The molecule has 7 aromatic rings. The van der Waals surface area contributed by atoms with E-state index >= 15 is 0 Å². The van der Waals surface area contributed by atoms with Crippen LogP contribution < -0.4 is 5.43 Å². The van der Waals surface area contributed by atoms with Gasteiger partial charge in [0.05, 0.1) is 16.9 Å². The Kier molecular flexibility index (Phi) is 5.52. The number of benzene rings is 5. The third-order valence-electron chi connectivity index (χ3n) is 6.90. The number of nitrogens with one attached hydrogen (secondary N) is 2. The van der Waals surface area contributed by atoms with Crippen molar-refractivity contribution in [1.82, 2.24) is 9.66 Å². The van der Waals surface area contributed by atoms with Crippen LogP contribution >= 0.6 is 0 Å². The summed E-state index contributed by atoms with van der Waals surface area (Å²) >= 11 is 0. The summed E-state index contributed by atoms with van der Waals surface area (Å²) in [4.78, 5) is 4.81. The van der Waals surface area contributed by atoms with Crippen molar-refractivity contribution < 1.29 is 4.42 Å². The molecule has 5 aromatic carbocycles. The Labute approximate surface area is 225 Å². The van der Waals surface area contributed by atoms with E-state index in [2.05, 4.69) is 28.3 Å². The lowest BCUT2D eigenvalue weighted by Gasteiger charge is -2.16. The number of allylic oxidation sites excluding steroid dienone is 1. The first kappa shape index (κ1) is 22.8. The van der Waals surface area contributed by atoms with Crippen LogP contribution in [0, 0.1) is 5.41 Å². The second-order valence-corrected chi connectivity index (χ2v) is 9.36. The van der Waals surface area contributed by atoms with E-state index in [1.54, 1.807) is 0 Å². The summed E-state index contributed by atoms with van der Waals surface area (Å²) in [5.74, 6) is 0.583. The molecule has 39 heavy (non-hydrogen) atoms. The highest BCUT2D eigenvalue weighted by Gasteiger charge is 2.19. The Morgan fingerprint density at radius 3 is 2.08 bits per heavy atom. The Morgan fingerprint density at radius 2 is 1.33 bits per heavy atom. The summed E-state index contributed by atoms with van der Waals surface area (Å²) in [5, 5.41) is 11.0. The molecule has 186 valence electrons. The molecule has 0 radical (unpaired) electrons. The van der Waals surface area contributed by atoms with Crippen molar-refractivity contribution in [2.24, 2.45) is 0 Å². The minimum atomic E-state index is 0.416. The Hall–Kier alpha value is -5.42. The van der Waals surface area contributed by atoms with Gasteiger partial charge in [0.2, 0.25) is 5.89 Å². The number of hydrogen-bond donors (Lipinski definition) is 2. The Bertz CT molecular complexity index is 1990. The molecule has 0 atom stereocenters. The van der Waals surface area contributed by atoms with Crippen molar-refractivity contribution in [1.29, 1.82) is 5.41 Å². The first-order valence-corrected chi connectivity index (χ1v) is 12.8. The van der Waals surface area contributed by atoms with Crippen LogP contribution in [-0.4, -0.2) is 15.4 Å². The lowest BCUT2D eigenvalue weighted by molar-refractivity contribution is 0.621. The maximum Gasteiger partial charge on any atom is 0.227 e. The van der Waals surface area contributed by atoms with Crippen molar-refractivity contribution in [2.45, 2.75) is 0 Å². The molecule has 0 fully saturated rings. The van der Waals surface area contributed by atoms with Gasteiger partial charge in [-0.15, -0.1) is 0 Å². The summed E-state index contributed by atoms with van der Waals surface area (Å²) < 4.78 is 8.50. The Morgan fingerprint density at radius 1 is 0.692 bits per heavy atom. The lowest BCUT2D eigenvalue weighted by atomic mass is 10.1. The van der Waals surface area contributed by atoms with Gasteiger partial charge in [-0.2, -0.15) is 0 Å². The van der Waals surface area contributed by atoms with Gasteiger partial charge in [0, 0.05) is 16.3 Å². The van der Waals surface area contributed by atoms with Gasteiger partial charge >= 0.3 is 0 Å². The third-order valence-corrected chi connectivity index (χ3v) is 6.90. The first-order chi connectivity index (χ1) is 19.3. The summed E-state index contributed by atoms with van der Waals surface area (Å²) in [5.41, 5.74) is 11.0. The average molecular weight is 505 g/mol. The molecule has 0 saturated heterocycles. The minimum Gasteiger partial charge on any atom is -0.434 e. The molecule has 2 N–H and O–H groups in total. The van der Waals surface area contributed by atoms with E-state index in [0.717, 1.165) is 49.7 Å². The summed E-state index contributed by atoms with van der Waals surface area (Å²) in [6.45, 7) is 0. The number of nitrogens with zero attached hydrogens (tertiary/aromatic N) is 2. The predicted octanol–water partition coefficient (Wildman–Crippen LogP) is 8.26. The van der Waals surface area contributed by atoms with E-state index < -0.39 is 0 Å². The molecule has 2 heterocycles. The normalized spacial score (nSPS) is 11.8. The van der Waals surface area contributed by atoms with E-state index in [-0.39, 0.29) is 0 Å². The first-order valence-electron chi connectivity index (χ1n) is 12.8. The lowest BCUT2D eigenvalue weighted by Crippen LogP contribution is -2.14. The number of aromatic nitrogens is 2. The zero-order valence-corrected chi connectivity index (χ0v) is 21.0. The highest BCUT2D eigenvalue weighted by Crippen LogP contribution is 2.36. The van der Waals surface area contributed by atoms with E-state index in [4.69, 9.17) is 14.8 Å². The van der Waals surface area contributed by atoms with Gasteiger partial charge in [0.1, 0.15) is 11.0 Å². The molecular formula is C34H24N4O. The SMILES string of the molecule is N=C(/C=C(\Nn1c2ccccc2c2ccc3nc(-c4ccccc4)oc3c21)c1ccccc1)c1ccccc1. The average Bonchev–Trinajstić information content (AvgIpc) is 3.58. The third kappa shape index (κ3) is 4.06. The summed E-state index contributed by atoms with van der Waals surface area (Å²) in [7, 11) is 0. The largest absolute Gasteiger partial charge is 0.434 e. The molecule has 5 nitrogen and oxygen atoms in total. The molecule has 0 amide bonds. The van der Waals surface area contributed by atoms with Gasteiger partial charge in [-0.1, -0.05) is 97.1 Å².